The number of fused-ring (bicyclic) bond motifs is 8. The molecule has 0 unspecified atom stereocenters. The van der Waals surface area contributed by atoms with E-state index in [1.807, 2.05) is 36.4 Å². The van der Waals surface area contributed by atoms with Gasteiger partial charge in [-0.2, -0.15) is 0 Å². The van der Waals surface area contributed by atoms with E-state index in [2.05, 4.69) is 70.0 Å². The quantitative estimate of drug-likeness (QED) is 0.190. The number of phenolic OH excluding ortho intramolecular Hbond substituents is 2. The van der Waals surface area contributed by atoms with Crippen LogP contribution in [0, 0.1) is 0 Å². The maximum atomic E-state index is 11.3. The van der Waals surface area contributed by atoms with Crippen molar-refractivity contribution in [3.63, 3.8) is 0 Å². The summed E-state index contributed by atoms with van der Waals surface area (Å²) in [6.45, 7) is 5.41. The van der Waals surface area contributed by atoms with Gasteiger partial charge in [-0.1, -0.05) is 82.1 Å². The van der Waals surface area contributed by atoms with Crippen molar-refractivity contribution in [1.82, 2.24) is 0 Å². The van der Waals surface area contributed by atoms with Crippen molar-refractivity contribution in [2.75, 3.05) is 13.2 Å². The molecule has 40 heavy (non-hydrogen) atoms. The molecule has 0 aliphatic heterocycles. The number of ether oxygens (including phenoxy) is 2. The molecule has 1 aliphatic rings. The van der Waals surface area contributed by atoms with Gasteiger partial charge in [-0.05, 0) is 59.4 Å². The second kappa shape index (κ2) is 12.7. The fourth-order valence-corrected chi connectivity index (χ4v) is 6.51. The van der Waals surface area contributed by atoms with Crippen LogP contribution in [0.25, 0.3) is 0 Å². The number of halogens is 2. The summed E-state index contributed by atoms with van der Waals surface area (Å²) in [5.41, 5.74) is 7.32. The molecule has 0 saturated heterocycles. The molecule has 4 nitrogen and oxygen atoms in total. The number of phenols is 2. The van der Waals surface area contributed by atoms with Crippen LogP contribution < -0.4 is 9.47 Å². The maximum absolute atomic E-state index is 11.3. The molecule has 208 valence electrons. The summed E-state index contributed by atoms with van der Waals surface area (Å²) in [5.74, 6) is 2.22. The minimum atomic E-state index is 0.256. The Labute approximate surface area is 253 Å². The molecule has 4 aromatic rings. The first-order valence-electron chi connectivity index (χ1n) is 13.9. The van der Waals surface area contributed by atoms with E-state index in [1.54, 1.807) is 0 Å². The zero-order valence-corrected chi connectivity index (χ0v) is 26.1. The van der Waals surface area contributed by atoms with Crippen LogP contribution in [0.4, 0.5) is 0 Å². The number of hydrogen-bond donors (Lipinski definition) is 2. The lowest BCUT2D eigenvalue weighted by molar-refractivity contribution is 0.308. The van der Waals surface area contributed by atoms with E-state index in [4.69, 9.17) is 9.47 Å². The van der Waals surface area contributed by atoms with Gasteiger partial charge < -0.3 is 19.7 Å². The fraction of sp³-hybridized carbons (Fsp3) is 0.294. The predicted octanol–water partition coefficient (Wildman–Crippen LogP) is 8.88. The highest BCUT2D eigenvalue weighted by molar-refractivity contribution is 9.10. The molecule has 0 saturated carbocycles. The lowest BCUT2D eigenvalue weighted by Gasteiger charge is -2.21. The Balaban J connectivity index is 1.76. The third-order valence-electron chi connectivity index (χ3n) is 7.25. The van der Waals surface area contributed by atoms with Gasteiger partial charge in [0.1, 0.15) is 23.0 Å². The van der Waals surface area contributed by atoms with Gasteiger partial charge in [0.05, 0.1) is 13.2 Å². The fourth-order valence-electron chi connectivity index (χ4n) is 5.41. The summed E-state index contributed by atoms with van der Waals surface area (Å²) in [5, 5.41) is 22.7. The van der Waals surface area contributed by atoms with Crippen LogP contribution in [-0.2, 0) is 25.7 Å². The van der Waals surface area contributed by atoms with Gasteiger partial charge >= 0.3 is 0 Å². The van der Waals surface area contributed by atoms with Gasteiger partial charge in [-0.15, -0.1) is 0 Å². The molecule has 2 N–H and O–H groups in total. The van der Waals surface area contributed by atoms with Crippen molar-refractivity contribution in [3.05, 3.63) is 114 Å². The molecular weight excluding hydrogens is 632 g/mol. The predicted molar refractivity (Wildman–Crippen MR) is 167 cm³/mol. The minimum Gasteiger partial charge on any atom is -0.507 e. The zero-order chi connectivity index (χ0) is 28.2. The van der Waals surface area contributed by atoms with Crippen molar-refractivity contribution >= 4 is 31.9 Å². The number of aromatic hydroxyl groups is 2. The monoisotopic (exact) mass is 664 g/mol. The number of rotatable bonds is 6. The van der Waals surface area contributed by atoms with E-state index in [0.717, 1.165) is 77.8 Å². The van der Waals surface area contributed by atoms with Crippen LogP contribution in [-0.4, -0.2) is 23.4 Å². The molecule has 0 heterocycles. The first-order valence-corrected chi connectivity index (χ1v) is 15.4. The van der Waals surface area contributed by atoms with Crippen molar-refractivity contribution in [2.45, 2.75) is 52.4 Å². The van der Waals surface area contributed by atoms with Crippen molar-refractivity contribution in [3.8, 4) is 23.0 Å². The van der Waals surface area contributed by atoms with Crippen LogP contribution in [0.3, 0.4) is 0 Å². The van der Waals surface area contributed by atoms with Crippen LogP contribution in [0.5, 0.6) is 23.0 Å². The third-order valence-corrected chi connectivity index (χ3v) is 8.16. The normalized spacial score (nSPS) is 12.7. The second-order valence-corrected chi connectivity index (χ2v) is 12.2. The maximum Gasteiger partial charge on any atom is 0.126 e. The smallest absolute Gasteiger partial charge is 0.126 e. The molecule has 0 radical (unpaired) electrons. The Morgan fingerprint density at radius 1 is 0.550 bits per heavy atom. The molecule has 1 aliphatic carbocycles. The van der Waals surface area contributed by atoms with Crippen molar-refractivity contribution in [1.29, 1.82) is 0 Å². The summed E-state index contributed by atoms with van der Waals surface area (Å²) in [6, 6.07) is 20.1. The molecular formula is C34H34Br2O4. The molecule has 6 heteroatoms. The Kier molecular flexibility index (Phi) is 9.07. The van der Waals surface area contributed by atoms with Crippen LogP contribution in [0.2, 0.25) is 0 Å². The number of para-hydroxylation sites is 2. The zero-order valence-electron chi connectivity index (χ0n) is 22.9. The lowest BCUT2D eigenvalue weighted by atomic mass is 9.91. The van der Waals surface area contributed by atoms with Gasteiger partial charge in [0, 0.05) is 56.9 Å². The average Bonchev–Trinajstić information content (AvgIpc) is 2.91. The molecule has 0 atom stereocenters. The first kappa shape index (κ1) is 28.6. The highest BCUT2D eigenvalue weighted by atomic mass is 79.9. The topological polar surface area (TPSA) is 58.9 Å². The number of benzene rings is 4. The molecule has 5 rings (SSSR count). The van der Waals surface area contributed by atoms with Gasteiger partial charge in [-0.25, -0.2) is 0 Å². The summed E-state index contributed by atoms with van der Waals surface area (Å²) in [6.07, 6.45) is 3.84. The summed E-state index contributed by atoms with van der Waals surface area (Å²) in [7, 11) is 0. The summed E-state index contributed by atoms with van der Waals surface area (Å²) < 4.78 is 14.8. The van der Waals surface area contributed by atoms with Crippen molar-refractivity contribution in [2.24, 2.45) is 0 Å². The van der Waals surface area contributed by atoms with Crippen LogP contribution in [0.1, 0.15) is 71.2 Å². The van der Waals surface area contributed by atoms with Gasteiger partial charge in [-0.3, -0.25) is 0 Å². The van der Waals surface area contributed by atoms with Crippen molar-refractivity contribution < 1.29 is 19.7 Å². The summed E-state index contributed by atoms with van der Waals surface area (Å²) in [4.78, 5) is 0. The Morgan fingerprint density at radius 3 is 1.18 bits per heavy atom. The Hall–Kier alpha value is -2.96. The van der Waals surface area contributed by atoms with E-state index in [1.165, 1.54) is 0 Å². The first-order chi connectivity index (χ1) is 19.4. The largest absolute Gasteiger partial charge is 0.507 e. The van der Waals surface area contributed by atoms with Gasteiger partial charge in [0.2, 0.25) is 0 Å². The third kappa shape index (κ3) is 6.18. The van der Waals surface area contributed by atoms with E-state index in [9.17, 15) is 10.2 Å². The van der Waals surface area contributed by atoms with E-state index in [0.29, 0.717) is 38.9 Å². The summed E-state index contributed by atoms with van der Waals surface area (Å²) >= 11 is 7.49. The van der Waals surface area contributed by atoms with Gasteiger partial charge in [0.15, 0.2) is 0 Å². The average molecular weight is 666 g/mol. The standard InChI is InChI=1S/C34H34Br2O4/c1-3-11-39-33-25-14-23-9-5-7-21(31(23)37)13-22-8-6-10-24(32(22)38)15-26-18-30(36)20-28(34(26)40-12-4-2)16-27(33)19-29(35)17-25/h5-10,17-20,37-38H,3-4,11-16H2,1-2H3. The Bertz CT molecular complexity index is 1420. The molecule has 4 aromatic carbocycles. The van der Waals surface area contributed by atoms with E-state index in [-0.39, 0.29) is 11.5 Å². The Morgan fingerprint density at radius 2 is 0.850 bits per heavy atom. The van der Waals surface area contributed by atoms with E-state index >= 15 is 0 Å². The minimum absolute atomic E-state index is 0.256. The highest BCUT2D eigenvalue weighted by Crippen LogP contribution is 2.40. The highest BCUT2D eigenvalue weighted by Gasteiger charge is 2.21. The molecule has 0 fully saturated rings. The molecule has 8 bridgehead atoms. The van der Waals surface area contributed by atoms with Crippen LogP contribution >= 0.6 is 31.9 Å². The second-order valence-electron chi connectivity index (χ2n) is 10.4. The lowest BCUT2D eigenvalue weighted by Crippen LogP contribution is -2.08. The molecule has 0 spiro atoms. The van der Waals surface area contributed by atoms with Gasteiger partial charge in [0.25, 0.3) is 0 Å². The van der Waals surface area contributed by atoms with Crippen LogP contribution in [0.15, 0.2) is 69.6 Å². The molecule has 0 amide bonds. The van der Waals surface area contributed by atoms with E-state index < -0.39 is 0 Å². The molecule has 0 aromatic heterocycles. The number of hydrogen-bond acceptors (Lipinski definition) is 4. The SMILES string of the molecule is CCCOc1c2cc(Br)cc1Cc1cc(Br)cc(c1OCCC)Cc1cccc(c1O)Cc1cccc(c1O)C2.